The Bertz CT molecular complexity index is 1360. The van der Waals surface area contributed by atoms with Crippen LogP contribution in [0.15, 0.2) is 105 Å². The van der Waals surface area contributed by atoms with Gasteiger partial charge in [0, 0.05) is 5.56 Å². The summed E-state index contributed by atoms with van der Waals surface area (Å²) in [6, 6.07) is 24.1. The van der Waals surface area contributed by atoms with Crippen LogP contribution in [0.2, 0.25) is 0 Å². The Labute approximate surface area is 172 Å². The third-order valence-electron chi connectivity index (χ3n) is 4.37. The van der Waals surface area contributed by atoms with E-state index in [1.165, 1.54) is 28.9 Å². The Morgan fingerprint density at radius 3 is 2.00 bits per heavy atom. The Hall–Kier alpha value is -3.82. The summed E-state index contributed by atoms with van der Waals surface area (Å²) >= 11 is 0. The summed E-state index contributed by atoms with van der Waals surface area (Å²) < 4.78 is 24.2. The van der Waals surface area contributed by atoms with Crippen molar-refractivity contribution in [3.05, 3.63) is 95.3 Å². The third kappa shape index (κ3) is 3.97. The molecule has 0 fully saturated rings. The first kappa shape index (κ1) is 19.5. The van der Waals surface area contributed by atoms with Gasteiger partial charge in [0.15, 0.2) is 5.69 Å². The molecule has 8 nitrogen and oxygen atoms in total. The molecule has 9 heteroatoms. The van der Waals surface area contributed by atoms with Crippen molar-refractivity contribution in [3.8, 4) is 16.9 Å². The number of aromatic amines is 1. The third-order valence-corrected chi connectivity index (χ3v) is 5.30. The number of hydrogen-bond donors (Lipinski definition) is 2. The molecule has 3 aromatic carbocycles. The molecule has 0 bridgehead atoms. The minimum Gasteiger partial charge on any atom is -0.288 e. The first-order valence-electron chi connectivity index (χ1n) is 8.94. The molecule has 0 amide bonds. The lowest BCUT2D eigenvalue weighted by Crippen LogP contribution is -2.13. The topological polar surface area (TPSA) is 123 Å². The number of sulfonamides is 1. The van der Waals surface area contributed by atoms with Crippen molar-refractivity contribution in [1.82, 2.24) is 9.78 Å². The van der Waals surface area contributed by atoms with E-state index in [2.05, 4.69) is 15.3 Å². The van der Waals surface area contributed by atoms with Gasteiger partial charge in [-0.2, -0.15) is 5.11 Å². The van der Waals surface area contributed by atoms with E-state index >= 15 is 0 Å². The van der Waals surface area contributed by atoms with E-state index in [1.54, 1.807) is 12.1 Å². The van der Waals surface area contributed by atoms with Gasteiger partial charge in [-0.05, 0) is 36.4 Å². The highest BCUT2D eigenvalue weighted by Gasteiger charge is 2.17. The van der Waals surface area contributed by atoms with Crippen LogP contribution in [-0.2, 0) is 10.0 Å². The standard InChI is InChI=1S/C21H17N5O3S/c22-30(28,29)18-13-11-16(12-14-18)23-24-20-19(15-7-3-1-4-8-15)25-26(21(20)27)17-9-5-2-6-10-17/h1-14,25H,(H2,22,28,29). The zero-order valence-electron chi connectivity index (χ0n) is 15.6. The second-order valence-electron chi connectivity index (χ2n) is 6.42. The average molecular weight is 419 g/mol. The molecule has 0 atom stereocenters. The number of H-pyrrole nitrogens is 1. The molecule has 0 aliphatic rings. The number of hydrogen-bond acceptors (Lipinski definition) is 5. The van der Waals surface area contributed by atoms with Gasteiger partial charge in [-0.15, -0.1) is 5.11 Å². The molecule has 1 aromatic heterocycles. The maximum atomic E-state index is 13.1. The Balaban J connectivity index is 1.79. The van der Waals surface area contributed by atoms with Gasteiger partial charge in [0.2, 0.25) is 10.0 Å². The quantitative estimate of drug-likeness (QED) is 0.477. The Morgan fingerprint density at radius 1 is 0.800 bits per heavy atom. The number of primary sulfonamides is 1. The maximum absolute atomic E-state index is 13.1. The summed E-state index contributed by atoms with van der Waals surface area (Å²) in [4.78, 5) is 13.0. The second-order valence-corrected chi connectivity index (χ2v) is 7.98. The van der Waals surface area contributed by atoms with Crippen LogP contribution in [0.3, 0.4) is 0 Å². The van der Waals surface area contributed by atoms with Crippen LogP contribution >= 0.6 is 0 Å². The minimum absolute atomic E-state index is 0.0282. The van der Waals surface area contributed by atoms with Gasteiger partial charge in [-0.1, -0.05) is 48.5 Å². The fourth-order valence-electron chi connectivity index (χ4n) is 2.90. The van der Waals surface area contributed by atoms with E-state index in [1.807, 2.05) is 48.5 Å². The number of nitrogens with one attached hydrogen (secondary N) is 1. The number of nitrogens with two attached hydrogens (primary N) is 1. The van der Waals surface area contributed by atoms with E-state index in [9.17, 15) is 13.2 Å². The summed E-state index contributed by atoms with van der Waals surface area (Å²) in [6.07, 6.45) is 0. The second kappa shape index (κ2) is 7.90. The van der Waals surface area contributed by atoms with Gasteiger partial charge in [-0.3, -0.25) is 9.89 Å². The molecule has 0 radical (unpaired) electrons. The Morgan fingerprint density at radius 2 is 1.40 bits per heavy atom. The molecule has 0 spiro atoms. The SMILES string of the molecule is NS(=O)(=O)c1ccc(N=Nc2c(-c3ccccc3)[nH]n(-c3ccccc3)c2=O)cc1. The van der Waals surface area contributed by atoms with Crippen LogP contribution < -0.4 is 10.7 Å². The molecule has 4 aromatic rings. The van der Waals surface area contributed by atoms with E-state index in [0.29, 0.717) is 17.1 Å². The first-order valence-corrected chi connectivity index (χ1v) is 10.5. The minimum atomic E-state index is -3.79. The molecule has 0 aliphatic carbocycles. The van der Waals surface area contributed by atoms with Crippen molar-refractivity contribution in [2.24, 2.45) is 15.4 Å². The Kier molecular flexibility index (Phi) is 5.13. The lowest BCUT2D eigenvalue weighted by molar-refractivity contribution is 0.598. The molecule has 0 saturated carbocycles. The van der Waals surface area contributed by atoms with Crippen LogP contribution in [-0.4, -0.2) is 18.2 Å². The van der Waals surface area contributed by atoms with Gasteiger partial charge < -0.3 is 0 Å². The van der Waals surface area contributed by atoms with Crippen molar-refractivity contribution in [2.45, 2.75) is 4.90 Å². The van der Waals surface area contributed by atoms with E-state index in [-0.39, 0.29) is 16.1 Å². The predicted molar refractivity (Wildman–Crippen MR) is 114 cm³/mol. The van der Waals surface area contributed by atoms with Crippen LogP contribution in [0.25, 0.3) is 16.9 Å². The molecule has 0 aliphatic heterocycles. The molecular formula is C21H17N5O3S. The number of nitrogens with zero attached hydrogens (tertiary/aromatic N) is 3. The van der Waals surface area contributed by atoms with Gasteiger partial charge in [-0.25, -0.2) is 18.2 Å². The summed E-state index contributed by atoms with van der Waals surface area (Å²) in [5, 5.41) is 16.5. The van der Waals surface area contributed by atoms with Gasteiger partial charge >= 0.3 is 0 Å². The summed E-state index contributed by atoms with van der Waals surface area (Å²) in [7, 11) is -3.79. The van der Waals surface area contributed by atoms with E-state index in [4.69, 9.17) is 5.14 Å². The molecule has 4 rings (SSSR count). The molecular weight excluding hydrogens is 402 g/mol. The highest BCUT2D eigenvalue weighted by molar-refractivity contribution is 7.89. The van der Waals surface area contributed by atoms with Crippen molar-refractivity contribution < 1.29 is 8.42 Å². The molecule has 0 unspecified atom stereocenters. The molecule has 30 heavy (non-hydrogen) atoms. The van der Waals surface area contributed by atoms with Crippen LogP contribution in [0.5, 0.6) is 0 Å². The lowest BCUT2D eigenvalue weighted by atomic mass is 10.1. The van der Waals surface area contributed by atoms with Crippen LogP contribution in [0.1, 0.15) is 0 Å². The van der Waals surface area contributed by atoms with Crippen LogP contribution in [0, 0.1) is 0 Å². The van der Waals surface area contributed by atoms with Gasteiger partial charge in [0.1, 0.15) is 0 Å². The molecule has 0 saturated heterocycles. The van der Waals surface area contributed by atoms with Crippen molar-refractivity contribution in [2.75, 3.05) is 0 Å². The number of benzene rings is 3. The number of para-hydroxylation sites is 1. The normalized spacial score (nSPS) is 11.8. The van der Waals surface area contributed by atoms with E-state index < -0.39 is 10.0 Å². The lowest BCUT2D eigenvalue weighted by Gasteiger charge is -2.01. The fourth-order valence-corrected chi connectivity index (χ4v) is 3.41. The van der Waals surface area contributed by atoms with Crippen molar-refractivity contribution in [1.29, 1.82) is 0 Å². The largest absolute Gasteiger partial charge is 0.299 e. The van der Waals surface area contributed by atoms with Crippen molar-refractivity contribution in [3.63, 3.8) is 0 Å². The van der Waals surface area contributed by atoms with E-state index in [0.717, 1.165) is 5.56 Å². The first-order chi connectivity index (χ1) is 14.4. The maximum Gasteiger partial charge on any atom is 0.299 e. The summed E-state index contributed by atoms with van der Waals surface area (Å²) in [5.74, 6) is 0. The molecule has 3 N–H and O–H groups in total. The highest BCUT2D eigenvalue weighted by Crippen LogP contribution is 2.28. The predicted octanol–water partition coefficient (Wildman–Crippen LogP) is 3.90. The van der Waals surface area contributed by atoms with Gasteiger partial charge in [0.05, 0.1) is 22.0 Å². The van der Waals surface area contributed by atoms with Gasteiger partial charge in [0.25, 0.3) is 5.56 Å². The number of aromatic nitrogens is 2. The zero-order valence-corrected chi connectivity index (χ0v) is 16.5. The smallest absolute Gasteiger partial charge is 0.288 e. The highest BCUT2D eigenvalue weighted by atomic mass is 32.2. The summed E-state index contributed by atoms with van der Waals surface area (Å²) in [5.41, 5.74) is 2.13. The fraction of sp³-hybridized carbons (Fsp3) is 0. The monoisotopic (exact) mass is 419 g/mol. The molecule has 1 heterocycles. The van der Waals surface area contributed by atoms with Crippen LogP contribution in [0.4, 0.5) is 11.4 Å². The summed E-state index contributed by atoms with van der Waals surface area (Å²) in [6.45, 7) is 0. The van der Waals surface area contributed by atoms with Crippen molar-refractivity contribution >= 4 is 21.4 Å². The number of rotatable bonds is 5. The number of azo groups is 1. The zero-order chi connectivity index (χ0) is 21.1. The average Bonchev–Trinajstić information content (AvgIpc) is 3.09. The molecule has 150 valence electrons.